The molecule has 1 aromatic carbocycles. The van der Waals surface area contributed by atoms with Crippen LogP contribution in [0.15, 0.2) is 24.3 Å². The Morgan fingerprint density at radius 2 is 1.89 bits per heavy atom. The molecule has 1 fully saturated rings. The Balaban J connectivity index is 1.75. The van der Waals surface area contributed by atoms with Gasteiger partial charge in [0.25, 0.3) is 0 Å². The second-order valence-corrected chi connectivity index (χ2v) is 6.08. The van der Waals surface area contributed by atoms with Crippen molar-refractivity contribution in [1.29, 1.82) is 0 Å². The van der Waals surface area contributed by atoms with Crippen molar-refractivity contribution in [3.05, 3.63) is 29.8 Å². The van der Waals surface area contributed by atoms with Crippen LogP contribution in [0.3, 0.4) is 0 Å². The third-order valence-corrected chi connectivity index (χ3v) is 3.74. The lowest BCUT2D eigenvalue weighted by Gasteiger charge is -2.38. The molecule has 0 bridgehead atoms. The summed E-state index contributed by atoms with van der Waals surface area (Å²) in [4.78, 5) is 0. The number of hydrogen-bond donors (Lipinski definition) is 1. The quantitative estimate of drug-likeness (QED) is 0.826. The lowest BCUT2D eigenvalue weighted by Crippen LogP contribution is -2.36. The average molecular weight is 247 g/mol. The second kappa shape index (κ2) is 5.75. The molecule has 18 heavy (non-hydrogen) atoms. The minimum Gasteiger partial charge on any atom is -0.491 e. The molecular formula is C16H25NO. The van der Waals surface area contributed by atoms with Gasteiger partial charge in [0.2, 0.25) is 0 Å². The van der Waals surface area contributed by atoms with Gasteiger partial charge < -0.3 is 10.1 Å². The fourth-order valence-corrected chi connectivity index (χ4v) is 2.42. The van der Waals surface area contributed by atoms with Crippen LogP contribution in [0.25, 0.3) is 0 Å². The Labute approximate surface area is 111 Å². The summed E-state index contributed by atoms with van der Waals surface area (Å²) in [6.45, 7) is 8.57. The Morgan fingerprint density at radius 1 is 1.22 bits per heavy atom. The lowest BCUT2D eigenvalue weighted by molar-refractivity contribution is 0.156. The molecule has 0 aromatic heterocycles. The molecule has 2 rings (SSSR count). The predicted molar refractivity (Wildman–Crippen MR) is 75.9 cm³/mol. The minimum absolute atomic E-state index is 0.243. The van der Waals surface area contributed by atoms with Crippen LogP contribution in [-0.4, -0.2) is 12.6 Å². The third kappa shape index (κ3) is 3.74. The van der Waals surface area contributed by atoms with Gasteiger partial charge in [-0.15, -0.1) is 0 Å². The topological polar surface area (TPSA) is 21.3 Å². The molecule has 1 N–H and O–H groups in total. The van der Waals surface area contributed by atoms with Crippen LogP contribution in [0.5, 0.6) is 5.75 Å². The smallest absolute Gasteiger partial charge is 0.119 e. The van der Waals surface area contributed by atoms with E-state index in [2.05, 4.69) is 50.4 Å². The first-order chi connectivity index (χ1) is 8.57. The average Bonchev–Trinajstić information content (AvgIpc) is 2.28. The first kappa shape index (κ1) is 13.4. The highest BCUT2D eigenvalue weighted by molar-refractivity contribution is 5.27. The first-order valence-electron chi connectivity index (χ1n) is 7.04. The zero-order valence-corrected chi connectivity index (χ0v) is 11.8. The first-order valence-corrected chi connectivity index (χ1v) is 7.04. The zero-order chi connectivity index (χ0) is 13.0. The van der Waals surface area contributed by atoms with Crippen LogP contribution >= 0.6 is 0 Å². The molecule has 0 atom stereocenters. The predicted octanol–water partition coefficient (Wildman–Crippen LogP) is 3.75. The molecule has 1 aliphatic carbocycles. The molecule has 0 amide bonds. The van der Waals surface area contributed by atoms with Crippen LogP contribution < -0.4 is 10.1 Å². The van der Waals surface area contributed by atoms with Gasteiger partial charge in [0.15, 0.2) is 0 Å². The Hall–Kier alpha value is -1.02. The summed E-state index contributed by atoms with van der Waals surface area (Å²) in [6, 6.07) is 8.41. The monoisotopic (exact) mass is 247 g/mol. The Morgan fingerprint density at radius 3 is 2.39 bits per heavy atom. The number of nitrogens with one attached hydrogen (secondary N) is 1. The number of benzene rings is 1. The molecule has 0 heterocycles. The maximum atomic E-state index is 5.63. The molecule has 2 heteroatoms. The van der Waals surface area contributed by atoms with Crippen molar-refractivity contribution in [3.63, 3.8) is 0 Å². The standard InChI is InChI=1S/C16H25NO/c1-13(2)18-15-7-5-14(6-8-15)11-17-12-16(3)9-4-10-16/h5-8,13,17H,4,9-12H2,1-3H3. The molecule has 1 saturated carbocycles. The van der Waals surface area contributed by atoms with E-state index in [1.165, 1.54) is 24.8 Å². The zero-order valence-electron chi connectivity index (χ0n) is 11.8. The molecule has 0 aliphatic heterocycles. The highest BCUT2D eigenvalue weighted by atomic mass is 16.5. The van der Waals surface area contributed by atoms with Gasteiger partial charge in [-0.25, -0.2) is 0 Å². The highest BCUT2D eigenvalue weighted by Gasteiger charge is 2.30. The van der Waals surface area contributed by atoms with E-state index in [9.17, 15) is 0 Å². The van der Waals surface area contributed by atoms with Crippen LogP contribution in [0.4, 0.5) is 0 Å². The maximum absolute atomic E-state index is 5.63. The van der Waals surface area contributed by atoms with Crippen molar-refractivity contribution in [2.24, 2.45) is 5.41 Å². The van der Waals surface area contributed by atoms with Gasteiger partial charge in [-0.05, 0) is 49.8 Å². The summed E-state index contributed by atoms with van der Waals surface area (Å²) >= 11 is 0. The fourth-order valence-electron chi connectivity index (χ4n) is 2.42. The Bertz CT molecular complexity index is 365. The Kier molecular flexibility index (Phi) is 4.28. The van der Waals surface area contributed by atoms with E-state index in [-0.39, 0.29) is 6.10 Å². The van der Waals surface area contributed by atoms with Crippen molar-refractivity contribution in [2.45, 2.75) is 52.7 Å². The van der Waals surface area contributed by atoms with Gasteiger partial charge in [-0.3, -0.25) is 0 Å². The molecular weight excluding hydrogens is 222 g/mol. The minimum atomic E-state index is 0.243. The number of rotatable bonds is 6. The van der Waals surface area contributed by atoms with Crippen LogP contribution in [-0.2, 0) is 6.54 Å². The van der Waals surface area contributed by atoms with E-state index in [1.807, 2.05) is 0 Å². The van der Waals surface area contributed by atoms with Gasteiger partial charge in [-0.2, -0.15) is 0 Å². The SMILES string of the molecule is CC(C)Oc1ccc(CNCC2(C)CCC2)cc1. The summed E-state index contributed by atoms with van der Waals surface area (Å²) in [6.07, 6.45) is 4.40. The van der Waals surface area contributed by atoms with Crippen molar-refractivity contribution >= 4 is 0 Å². The van der Waals surface area contributed by atoms with Gasteiger partial charge >= 0.3 is 0 Å². The van der Waals surface area contributed by atoms with E-state index >= 15 is 0 Å². The van der Waals surface area contributed by atoms with E-state index in [4.69, 9.17) is 4.74 Å². The molecule has 100 valence electrons. The summed E-state index contributed by atoms with van der Waals surface area (Å²) in [5.74, 6) is 0.958. The van der Waals surface area contributed by atoms with Crippen LogP contribution in [0.1, 0.15) is 45.6 Å². The summed E-state index contributed by atoms with van der Waals surface area (Å²) in [5, 5.41) is 3.56. The maximum Gasteiger partial charge on any atom is 0.119 e. The van der Waals surface area contributed by atoms with Crippen molar-refractivity contribution in [3.8, 4) is 5.75 Å². The molecule has 0 spiro atoms. The summed E-state index contributed by atoms with van der Waals surface area (Å²) in [5.41, 5.74) is 1.88. The van der Waals surface area contributed by atoms with Crippen molar-refractivity contribution < 1.29 is 4.74 Å². The van der Waals surface area contributed by atoms with Crippen LogP contribution in [0.2, 0.25) is 0 Å². The third-order valence-electron chi connectivity index (χ3n) is 3.74. The highest BCUT2D eigenvalue weighted by Crippen LogP contribution is 2.39. The van der Waals surface area contributed by atoms with Crippen molar-refractivity contribution in [1.82, 2.24) is 5.32 Å². The van der Waals surface area contributed by atoms with E-state index in [0.717, 1.165) is 18.8 Å². The van der Waals surface area contributed by atoms with Gasteiger partial charge in [0.05, 0.1) is 6.10 Å². The van der Waals surface area contributed by atoms with E-state index in [0.29, 0.717) is 5.41 Å². The molecule has 1 aliphatic rings. The molecule has 2 nitrogen and oxygen atoms in total. The van der Waals surface area contributed by atoms with Gasteiger partial charge in [0, 0.05) is 13.1 Å². The van der Waals surface area contributed by atoms with Crippen molar-refractivity contribution in [2.75, 3.05) is 6.54 Å². The summed E-state index contributed by atoms with van der Waals surface area (Å²) in [7, 11) is 0. The second-order valence-electron chi connectivity index (χ2n) is 6.08. The fraction of sp³-hybridized carbons (Fsp3) is 0.625. The summed E-state index contributed by atoms with van der Waals surface area (Å²) < 4.78 is 5.63. The molecule has 0 radical (unpaired) electrons. The molecule has 0 unspecified atom stereocenters. The number of hydrogen-bond acceptors (Lipinski definition) is 2. The van der Waals surface area contributed by atoms with Gasteiger partial charge in [0.1, 0.15) is 5.75 Å². The van der Waals surface area contributed by atoms with E-state index in [1.54, 1.807) is 0 Å². The molecule has 0 saturated heterocycles. The normalized spacial score (nSPS) is 17.6. The van der Waals surface area contributed by atoms with Crippen LogP contribution in [0, 0.1) is 5.41 Å². The number of ether oxygens (including phenoxy) is 1. The van der Waals surface area contributed by atoms with Gasteiger partial charge in [-0.1, -0.05) is 25.5 Å². The lowest BCUT2D eigenvalue weighted by atomic mass is 9.70. The largest absolute Gasteiger partial charge is 0.491 e. The molecule has 1 aromatic rings. The van der Waals surface area contributed by atoms with E-state index < -0.39 is 0 Å².